The highest BCUT2D eigenvalue weighted by Gasteiger charge is 2.71. The van der Waals surface area contributed by atoms with Gasteiger partial charge in [0.05, 0.1) is 12.2 Å². The Hall–Kier alpha value is -1.10. The molecule has 0 amide bonds. The highest BCUT2D eigenvalue weighted by molar-refractivity contribution is 5.88. The van der Waals surface area contributed by atoms with Gasteiger partial charge in [0, 0.05) is 0 Å². The van der Waals surface area contributed by atoms with Gasteiger partial charge in [-0.15, -0.1) is 0 Å². The number of carboxylic acids is 2. The molecular formula is C10H14O5. The molecule has 0 aromatic rings. The van der Waals surface area contributed by atoms with Crippen LogP contribution in [-0.2, 0) is 14.3 Å². The normalized spacial score (nSPS) is 48.1. The number of carbonyl (C=O) groups is 2. The third-order valence-electron chi connectivity index (χ3n) is 4.27. The lowest BCUT2D eigenvalue weighted by Crippen LogP contribution is -2.55. The minimum absolute atomic E-state index is 0.471. The average Bonchev–Trinajstić information content (AvgIpc) is 2.69. The van der Waals surface area contributed by atoms with Gasteiger partial charge in [0.1, 0.15) is 10.8 Å². The topological polar surface area (TPSA) is 83.8 Å². The zero-order valence-corrected chi connectivity index (χ0v) is 8.69. The summed E-state index contributed by atoms with van der Waals surface area (Å²) in [6.07, 6.45) is 0.328. The molecule has 0 aromatic heterocycles. The molecular weight excluding hydrogens is 200 g/mol. The van der Waals surface area contributed by atoms with Gasteiger partial charge in [-0.2, -0.15) is 0 Å². The first kappa shape index (κ1) is 10.4. The predicted molar refractivity (Wildman–Crippen MR) is 49.4 cm³/mol. The third kappa shape index (κ3) is 0.916. The van der Waals surface area contributed by atoms with Crippen LogP contribution in [0.4, 0.5) is 0 Å². The molecule has 15 heavy (non-hydrogen) atoms. The summed E-state index contributed by atoms with van der Waals surface area (Å²) < 4.78 is 5.46. The van der Waals surface area contributed by atoms with Crippen molar-refractivity contribution in [2.45, 2.75) is 38.9 Å². The second-order valence-corrected chi connectivity index (χ2v) is 4.71. The van der Waals surface area contributed by atoms with Gasteiger partial charge in [0.15, 0.2) is 0 Å². The predicted octanol–water partition coefficient (Wildman–Crippen LogP) is 0.729. The third-order valence-corrected chi connectivity index (χ3v) is 4.27. The molecule has 2 aliphatic rings. The molecule has 0 aromatic carbocycles. The summed E-state index contributed by atoms with van der Waals surface area (Å²) in [6.45, 7) is 2.96. The zero-order chi connectivity index (χ0) is 11.4. The number of hydrogen-bond donors (Lipinski definition) is 2. The molecule has 2 saturated heterocycles. The van der Waals surface area contributed by atoms with Crippen LogP contribution in [-0.4, -0.2) is 34.4 Å². The van der Waals surface area contributed by atoms with Crippen molar-refractivity contribution >= 4 is 11.9 Å². The minimum atomic E-state index is -1.32. The number of fused-ring (bicyclic) bond motifs is 2. The molecule has 2 bridgehead atoms. The van der Waals surface area contributed by atoms with E-state index in [1.54, 1.807) is 0 Å². The van der Waals surface area contributed by atoms with E-state index in [0.717, 1.165) is 0 Å². The Balaban J connectivity index is 2.53. The van der Waals surface area contributed by atoms with E-state index in [2.05, 4.69) is 0 Å². The summed E-state index contributed by atoms with van der Waals surface area (Å²) in [6, 6.07) is 0. The lowest BCUT2D eigenvalue weighted by Gasteiger charge is -2.40. The molecule has 2 aliphatic heterocycles. The molecule has 84 valence electrons. The second kappa shape index (κ2) is 2.72. The molecule has 0 spiro atoms. The first-order valence-electron chi connectivity index (χ1n) is 4.97. The Kier molecular flexibility index (Phi) is 1.89. The fourth-order valence-electron chi connectivity index (χ4n) is 2.88. The van der Waals surface area contributed by atoms with Crippen LogP contribution < -0.4 is 0 Å². The van der Waals surface area contributed by atoms with E-state index in [0.29, 0.717) is 12.8 Å². The van der Waals surface area contributed by atoms with E-state index >= 15 is 0 Å². The summed E-state index contributed by atoms with van der Waals surface area (Å²) >= 11 is 0. The number of carboxylic acid groups (broad SMARTS) is 2. The molecule has 0 saturated carbocycles. The number of hydrogen-bond acceptors (Lipinski definition) is 3. The van der Waals surface area contributed by atoms with E-state index in [-0.39, 0.29) is 0 Å². The van der Waals surface area contributed by atoms with Gasteiger partial charge in [-0.25, -0.2) is 0 Å². The Bertz CT molecular complexity index is 307. The lowest BCUT2D eigenvalue weighted by atomic mass is 9.57. The minimum Gasteiger partial charge on any atom is -0.481 e. The molecule has 2 fully saturated rings. The van der Waals surface area contributed by atoms with E-state index in [4.69, 9.17) is 4.74 Å². The van der Waals surface area contributed by atoms with Crippen molar-refractivity contribution in [2.75, 3.05) is 0 Å². The fraction of sp³-hybridized carbons (Fsp3) is 0.800. The molecule has 2 rings (SSSR count). The van der Waals surface area contributed by atoms with Crippen LogP contribution in [0.1, 0.15) is 26.7 Å². The summed E-state index contributed by atoms with van der Waals surface area (Å²) in [5.41, 5.74) is -2.64. The van der Waals surface area contributed by atoms with Gasteiger partial charge >= 0.3 is 11.9 Å². The highest BCUT2D eigenvalue weighted by atomic mass is 16.5. The van der Waals surface area contributed by atoms with Gasteiger partial charge in [-0.3, -0.25) is 9.59 Å². The van der Waals surface area contributed by atoms with E-state index in [9.17, 15) is 19.8 Å². The van der Waals surface area contributed by atoms with Crippen molar-refractivity contribution in [1.29, 1.82) is 0 Å². The molecule has 5 heteroatoms. The number of aliphatic carboxylic acids is 2. The van der Waals surface area contributed by atoms with Crippen LogP contribution in [0.15, 0.2) is 0 Å². The quantitative estimate of drug-likeness (QED) is 0.707. The van der Waals surface area contributed by atoms with Crippen LogP contribution in [0.25, 0.3) is 0 Å². The van der Waals surface area contributed by atoms with Crippen LogP contribution in [0.2, 0.25) is 0 Å². The van der Waals surface area contributed by atoms with E-state index in [1.807, 2.05) is 0 Å². The van der Waals surface area contributed by atoms with Gasteiger partial charge < -0.3 is 14.9 Å². The Morgan fingerprint density at radius 2 is 1.40 bits per heavy atom. The molecule has 5 nitrogen and oxygen atoms in total. The summed E-state index contributed by atoms with van der Waals surface area (Å²) in [4.78, 5) is 22.6. The van der Waals surface area contributed by atoms with Gasteiger partial charge in [0.25, 0.3) is 0 Å². The summed E-state index contributed by atoms with van der Waals surface area (Å²) in [5, 5.41) is 18.5. The first-order chi connectivity index (χ1) is 6.85. The van der Waals surface area contributed by atoms with Crippen molar-refractivity contribution < 1.29 is 24.5 Å². The standard InChI is InChI=1S/C10H14O5/c1-9(7(11)12)5-3-4-6(15-5)10(9,2)8(13)14/h5-6H,3-4H2,1-2H3,(H,11,12)(H,13,14)/t5-,6?,9+,10-/m1/s1. The SMILES string of the molecule is C[C@]1(C(=O)O)C2CC[C@@H](O2)[C@@]1(C)C(=O)O. The van der Waals surface area contributed by atoms with Gasteiger partial charge in [-0.1, -0.05) is 0 Å². The summed E-state index contributed by atoms with van der Waals surface area (Å²) in [7, 11) is 0. The second-order valence-electron chi connectivity index (χ2n) is 4.71. The maximum Gasteiger partial charge on any atom is 0.313 e. The number of rotatable bonds is 2. The maximum atomic E-state index is 11.3. The van der Waals surface area contributed by atoms with Gasteiger partial charge in [-0.05, 0) is 26.7 Å². The van der Waals surface area contributed by atoms with Crippen LogP contribution >= 0.6 is 0 Å². The van der Waals surface area contributed by atoms with Crippen LogP contribution in [0.3, 0.4) is 0 Å². The van der Waals surface area contributed by atoms with Crippen LogP contribution in [0.5, 0.6) is 0 Å². The average molecular weight is 214 g/mol. The summed E-state index contributed by atoms with van der Waals surface area (Å²) in [5.74, 6) is -2.17. The van der Waals surface area contributed by atoms with Crippen molar-refractivity contribution in [3.8, 4) is 0 Å². The van der Waals surface area contributed by atoms with Gasteiger partial charge in [0.2, 0.25) is 0 Å². The Morgan fingerprint density at radius 3 is 1.67 bits per heavy atom. The lowest BCUT2D eigenvalue weighted by molar-refractivity contribution is -0.172. The molecule has 2 heterocycles. The van der Waals surface area contributed by atoms with Crippen LogP contribution in [0, 0.1) is 10.8 Å². The van der Waals surface area contributed by atoms with Crippen molar-refractivity contribution in [2.24, 2.45) is 10.8 Å². The maximum absolute atomic E-state index is 11.3. The molecule has 1 unspecified atom stereocenters. The van der Waals surface area contributed by atoms with E-state index < -0.39 is 35.0 Å². The van der Waals surface area contributed by atoms with Crippen molar-refractivity contribution in [3.05, 3.63) is 0 Å². The Labute approximate surface area is 87.0 Å². The van der Waals surface area contributed by atoms with E-state index in [1.165, 1.54) is 13.8 Å². The smallest absolute Gasteiger partial charge is 0.313 e. The van der Waals surface area contributed by atoms with Crippen molar-refractivity contribution in [3.63, 3.8) is 0 Å². The fourth-order valence-corrected chi connectivity index (χ4v) is 2.88. The Morgan fingerprint density at radius 1 is 1.07 bits per heavy atom. The monoisotopic (exact) mass is 214 g/mol. The largest absolute Gasteiger partial charge is 0.481 e. The first-order valence-corrected chi connectivity index (χ1v) is 4.97. The molecule has 4 atom stereocenters. The highest BCUT2D eigenvalue weighted by Crippen LogP contribution is 2.59. The molecule has 2 N–H and O–H groups in total. The molecule has 0 aliphatic carbocycles. The zero-order valence-electron chi connectivity index (χ0n) is 8.69. The number of ether oxygens (including phenoxy) is 1. The van der Waals surface area contributed by atoms with Crippen molar-refractivity contribution in [1.82, 2.24) is 0 Å². The molecule has 0 radical (unpaired) electrons.